The van der Waals surface area contributed by atoms with Crippen molar-refractivity contribution in [3.05, 3.63) is 72.2 Å². The summed E-state index contributed by atoms with van der Waals surface area (Å²) in [5, 5.41) is 25.0. The maximum absolute atomic E-state index is 9.10. The molecule has 1 aliphatic carbocycles. The van der Waals surface area contributed by atoms with Crippen molar-refractivity contribution in [1.82, 2.24) is 9.61 Å². The monoisotopic (exact) mass is 403 g/mol. The molecule has 0 amide bonds. The van der Waals surface area contributed by atoms with Gasteiger partial charge in [-0.3, -0.25) is 5.41 Å². The van der Waals surface area contributed by atoms with Gasteiger partial charge in [0, 0.05) is 17.6 Å². The highest BCUT2D eigenvalue weighted by Crippen LogP contribution is 2.32. The zero-order valence-electron chi connectivity index (χ0n) is 16.0. The molecule has 0 bridgehead atoms. The number of fused-ring (bicyclic) bond motifs is 1. The van der Waals surface area contributed by atoms with Crippen molar-refractivity contribution in [3.8, 4) is 5.88 Å². The van der Waals surface area contributed by atoms with Gasteiger partial charge in [-0.25, -0.2) is 9.51 Å². The third-order valence-corrected chi connectivity index (χ3v) is 4.40. The number of aliphatic hydroxyl groups is 1. The Balaban J connectivity index is 1.74. The van der Waals surface area contributed by atoms with Crippen LogP contribution in [0.5, 0.6) is 5.88 Å². The first-order valence-corrected chi connectivity index (χ1v) is 9.25. The first-order valence-electron chi connectivity index (χ1n) is 9.25. The van der Waals surface area contributed by atoms with Crippen LogP contribution in [0.3, 0.4) is 0 Å². The molecule has 7 N–H and O–H groups in total. The number of nitrogens with one attached hydrogen (secondary N) is 2. The van der Waals surface area contributed by atoms with Crippen LogP contribution >= 0.6 is 0 Å². The third-order valence-electron chi connectivity index (χ3n) is 4.40. The number of aliphatic imine (C=N–C) groups is 1. The molecule has 1 aliphatic rings. The van der Waals surface area contributed by atoms with Crippen LogP contribution in [-0.4, -0.2) is 39.4 Å². The van der Waals surface area contributed by atoms with Gasteiger partial charge < -0.3 is 26.6 Å². The molecule has 2 aromatic heterocycles. The highest BCUT2D eigenvalue weighted by molar-refractivity contribution is 6.51. The van der Waals surface area contributed by atoms with Crippen LogP contribution in [0.4, 0.5) is 17.1 Å². The minimum Gasteiger partial charge on any atom is -0.473 e. The molecule has 0 unspecified atom stereocenters. The van der Waals surface area contributed by atoms with Crippen LogP contribution in [0.1, 0.15) is 0 Å². The largest absolute Gasteiger partial charge is 0.473 e. The fraction of sp³-hybridized carbons (Fsp3) is 0.0952. The quantitative estimate of drug-likeness (QED) is 0.315. The summed E-state index contributed by atoms with van der Waals surface area (Å²) in [6.45, 7) is -0.0552. The maximum atomic E-state index is 9.10. The van der Waals surface area contributed by atoms with E-state index >= 15 is 0 Å². The molecule has 4 rings (SSSR count). The van der Waals surface area contributed by atoms with Crippen molar-refractivity contribution in [2.75, 3.05) is 24.3 Å². The Morgan fingerprint density at radius 3 is 2.70 bits per heavy atom. The van der Waals surface area contributed by atoms with E-state index in [4.69, 9.17) is 26.7 Å². The fourth-order valence-electron chi connectivity index (χ4n) is 2.96. The van der Waals surface area contributed by atoms with Crippen molar-refractivity contribution in [2.45, 2.75) is 0 Å². The van der Waals surface area contributed by atoms with Crippen LogP contribution in [0.2, 0.25) is 0 Å². The molecule has 0 radical (unpaired) electrons. The molecule has 2 heterocycles. The van der Waals surface area contributed by atoms with Gasteiger partial charge in [-0.2, -0.15) is 0 Å². The number of aromatic nitrogens is 2. The molecule has 152 valence electrons. The molecule has 9 heteroatoms. The van der Waals surface area contributed by atoms with E-state index in [1.807, 2.05) is 30.3 Å². The van der Waals surface area contributed by atoms with Crippen molar-refractivity contribution >= 4 is 34.0 Å². The van der Waals surface area contributed by atoms with Gasteiger partial charge in [0.25, 0.3) is 5.88 Å². The van der Waals surface area contributed by atoms with Gasteiger partial charge in [0.15, 0.2) is 5.69 Å². The number of allylic oxidation sites excluding steroid dienone is 2. The predicted molar refractivity (Wildman–Crippen MR) is 117 cm³/mol. The van der Waals surface area contributed by atoms with Crippen molar-refractivity contribution < 1.29 is 9.84 Å². The van der Waals surface area contributed by atoms with Crippen LogP contribution in [0.15, 0.2) is 77.2 Å². The van der Waals surface area contributed by atoms with E-state index < -0.39 is 0 Å². The lowest BCUT2D eigenvalue weighted by Gasteiger charge is -2.17. The third kappa shape index (κ3) is 3.87. The van der Waals surface area contributed by atoms with E-state index in [-0.39, 0.29) is 24.8 Å². The number of benzene rings is 1. The number of hydrogen-bond acceptors (Lipinski definition) is 8. The summed E-state index contributed by atoms with van der Waals surface area (Å²) in [5.41, 5.74) is 16.1. The summed E-state index contributed by atoms with van der Waals surface area (Å²) in [6, 6.07) is 12.8. The van der Waals surface area contributed by atoms with Gasteiger partial charge in [-0.05, 0) is 48.6 Å². The van der Waals surface area contributed by atoms with Gasteiger partial charge >= 0.3 is 0 Å². The first kappa shape index (κ1) is 19.2. The molecule has 0 spiro atoms. The maximum Gasteiger partial charge on any atom is 0.260 e. The van der Waals surface area contributed by atoms with E-state index in [1.54, 1.807) is 35.0 Å². The Bertz CT molecular complexity index is 1190. The highest BCUT2D eigenvalue weighted by Gasteiger charge is 2.19. The molecule has 0 fully saturated rings. The van der Waals surface area contributed by atoms with Crippen molar-refractivity contribution in [1.29, 1.82) is 5.41 Å². The number of anilines is 2. The Labute approximate surface area is 172 Å². The minimum absolute atomic E-state index is 0.0891. The van der Waals surface area contributed by atoms with Gasteiger partial charge in [0.05, 0.1) is 34.9 Å². The van der Waals surface area contributed by atoms with Crippen molar-refractivity contribution in [3.63, 3.8) is 0 Å². The summed E-state index contributed by atoms with van der Waals surface area (Å²) in [6.07, 6.45) is 5.02. The van der Waals surface area contributed by atoms with Crippen LogP contribution in [0, 0.1) is 5.41 Å². The highest BCUT2D eigenvalue weighted by atomic mass is 16.5. The van der Waals surface area contributed by atoms with Gasteiger partial charge in [-0.15, -0.1) is 5.10 Å². The second-order valence-electron chi connectivity index (χ2n) is 6.57. The summed E-state index contributed by atoms with van der Waals surface area (Å²) >= 11 is 0. The number of hydrogen-bond donors (Lipinski definition) is 5. The Morgan fingerprint density at radius 2 is 1.93 bits per heavy atom. The lowest BCUT2D eigenvalue weighted by Crippen LogP contribution is -2.21. The van der Waals surface area contributed by atoms with Crippen LogP contribution in [0.25, 0.3) is 5.52 Å². The Morgan fingerprint density at radius 1 is 1.13 bits per heavy atom. The molecule has 0 atom stereocenters. The lowest BCUT2D eigenvalue weighted by molar-refractivity contribution is 0.197. The summed E-state index contributed by atoms with van der Waals surface area (Å²) < 4.78 is 7.19. The van der Waals surface area contributed by atoms with Gasteiger partial charge in [0.2, 0.25) is 0 Å². The summed E-state index contributed by atoms with van der Waals surface area (Å²) in [7, 11) is 0. The molecular formula is C21H21N7O2. The average Bonchev–Trinajstić information content (AvgIpc) is 3.09. The zero-order chi connectivity index (χ0) is 21.1. The van der Waals surface area contributed by atoms with Gasteiger partial charge in [0.1, 0.15) is 6.61 Å². The van der Waals surface area contributed by atoms with Crippen molar-refractivity contribution in [2.24, 2.45) is 10.7 Å². The summed E-state index contributed by atoms with van der Waals surface area (Å²) in [5.74, 6) is 0.277. The molecule has 1 aromatic carbocycles. The second-order valence-corrected chi connectivity index (χ2v) is 6.57. The van der Waals surface area contributed by atoms with E-state index in [0.29, 0.717) is 28.5 Å². The van der Waals surface area contributed by atoms with E-state index in [0.717, 1.165) is 11.2 Å². The normalized spacial score (nSPS) is 15.2. The number of ether oxygens (including phenoxy) is 1. The number of nitrogens with two attached hydrogens (primary N) is 2. The zero-order valence-corrected chi connectivity index (χ0v) is 16.0. The van der Waals surface area contributed by atoms with E-state index in [2.05, 4.69) is 15.4 Å². The second kappa shape index (κ2) is 8.10. The predicted octanol–water partition coefficient (Wildman–Crippen LogP) is 2.23. The topological polar surface area (TPSA) is 147 Å². The molecule has 9 nitrogen and oxygen atoms in total. The van der Waals surface area contributed by atoms with E-state index in [9.17, 15) is 0 Å². The fourth-order valence-corrected chi connectivity index (χ4v) is 2.96. The van der Waals surface area contributed by atoms with Gasteiger partial charge in [-0.1, -0.05) is 6.07 Å². The smallest absolute Gasteiger partial charge is 0.260 e. The molecule has 30 heavy (non-hydrogen) atoms. The van der Waals surface area contributed by atoms with E-state index in [1.165, 1.54) is 0 Å². The Kier molecular flexibility index (Phi) is 5.19. The average molecular weight is 403 g/mol. The number of nitrogen functional groups attached to an aromatic ring is 1. The molecule has 0 aliphatic heterocycles. The molecule has 0 saturated heterocycles. The SMILES string of the molecule is N=C1C=C(N)C(Nc2ccc(N)cc2)=CC1=Nc1c(OCCO)nn2ccccc12. The van der Waals surface area contributed by atoms with Crippen LogP contribution in [-0.2, 0) is 0 Å². The number of nitrogens with zero attached hydrogens (tertiary/aromatic N) is 3. The number of aliphatic hydroxyl groups excluding tert-OH is 1. The minimum atomic E-state index is -0.144. The number of pyridine rings is 1. The first-order chi connectivity index (χ1) is 14.5. The Hall–Kier alpha value is -4.11. The summed E-state index contributed by atoms with van der Waals surface area (Å²) in [4.78, 5) is 4.65. The molecule has 3 aromatic rings. The lowest BCUT2D eigenvalue weighted by atomic mass is 10.0. The molecular weight excluding hydrogens is 382 g/mol. The standard InChI is InChI=1S/C21H21N7O2/c22-13-4-6-14(7-5-13)25-17-12-18(16(24)11-15(17)23)26-20-19-3-1-2-8-28(19)27-21(20)30-10-9-29/h1-8,11-12,24-25,29H,9-10,22-23H2. The van der Waals surface area contributed by atoms with Crippen LogP contribution < -0.4 is 21.5 Å². The molecule has 0 saturated carbocycles. The number of rotatable bonds is 6.